The zero-order chi connectivity index (χ0) is 16.9. The minimum absolute atomic E-state index is 0.0497. The first kappa shape index (κ1) is 17.9. The van der Waals surface area contributed by atoms with Gasteiger partial charge >= 0.3 is 24.2 Å². The van der Waals surface area contributed by atoms with Gasteiger partial charge in [-0.1, -0.05) is 0 Å². The van der Waals surface area contributed by atoms with Gasteiger partial charge in [0.1, 0.15) is 11.4 Å². The molecule has 1 aromatic heterocycles. The third-order valence-electron chi connectivity index (χ3n) is 2.20. The lowest BCUT2D eigenvalue weighted by Crippen LogP contribution is -2.38. The van der Waals surface area contributed by atoms with Gasteiger partial charge in [0.15, 0.2) is 0 Å². The van der Waals surface area contributed by atoms with E-state index >= 15 is 0 Å². The number of hydrogen-bond acceptors (Lipinski definition) is 1. The van der Waals surface area contributed by atoms with E-state index in [-0.39, 0.29) is 12.1 Å². The first-order chi connectivity index (χ1) is 9.10. The van der Waals surface area contributed by atoms with Gasteiger partial charge in [-0.05, 0) is 17.4 Å². The van der Waals surface area contributed by atoms with Gasteiger partial charge in [0, 0.05) is 0 Å². The Balaban J connectivity index is 3.50. The van der Waals surface area contributed by atoms with Crippen LogP contribution in [-0.4, -0.2) is 17.3 Å². The number of rotatable bonds is 2. The van der Waals surface area contributed by atoms with Crippen molar-refractivity contribution in [2.75, 3.05) is 0 Å². The highest BCUT2D eigenvalue weighted by molar-refractivity contribution is 7.27. The van der Waals surface area contributed by atoms with E-state index in [4.69, 9.17) is 0 Å². The van der Waals surface area contributed by atoms with Crippen molar-refractivity contribution in [3.05, 3.63) is 23.5 Å². The zero-order valence-electron chi connectivity index (χ0n) is 9.46. The Labute approximate surface area is 112 Å². The molecule has 21 heavy (non-hydrogen) atoms. The second-order valence-corrected chi connectivity index (χ2v) is 4.48. The van der Waals surface area contributed by atoms with Crippen LogP contribution in [0.2, 0.25) is 0 Å². The third kappa shape index (κ3) is 3.22. The number of nitrogens with zero attached hydrogens (tertiary/aromatic N) is 1. The van der Waals surface area contributed by atoms with Crippen LogP contribution >= 0.6 is 9.24 Å². The number of hydrogen-bond donors (Lipinski definition) is 0. The lowest BCUT2D eigenvalue weighted by atomic mass is 10.1. The van der Waals surface area contributed by atoms with Crippen molar-refractivity contribution in [1.29, 1.82) is 0 Å². The molecular formula is C9H4F10NP. The van der Waals surface area contributed by atoms with E-state index in [1.165, 1.54) is 9.24 Å². The summed E-state index contributed by atoms with van der Waals surface area (Å²) in [6.07, 6.45) is -12.4. The molecule has 1 unspecified atom stereocenters. The first-order valence-corrected chi connectivity index (χ1v) is 5.36. The maximum atomic E-state index is 13.0. The van der Waals surface area contributed by atoms with Crippen LogP contribution in [0.5, 0.6) is 0 Å². The topological polar surface area (TPSA) is 12.9 Å². The highest BCUT2D eigenvalue weighted by Crippen LogP contribution is 2.46. The Morgan fingerprint density at radius 1 is 0.667 bits per heavy atom. The maximum absolute atomic E-state index is 13.0. The second-order valence-electron chi connectivity index (χ2n) is 3.82. The Hall–Kier alpha value is -1.12. The maximum Gasteiger partial charge on any atom is 0.459 e. The molecule has 0 aliphatic rings. The summed E-state index contributed by atoms with van der Waals surface area (Å²) in [6, 6.07) is 0.0994. The van der Waals surface area contributed by atoms with Crippen molar-refractivity contribution >= 4 is 14.5 Å². The van der Waals surface area contributed by atoms with Crippen LogP contribution in [0.3, 0.4) is 0 Å². The normalized spacial score (nSPS) is 14.4. The number of pyridine rings is 1. The summed E-state index contributed by atoms with van der Waals surface area (Å²) >= 11 is 0. The lowest BCUT2D eigenvalue weighted by Gasteiger charge is -2.23. The molecule has 0 spiro atoms. The molecule has 1 rings (SSSR count). The molecule has 0 N–H and O–H groups in total. The standard InChI is InChI=1S/C9H4F10NP/c10-6(11,8(14,15)16)4-1-3(21)2-5(20-4)7(12,13)9(17,18)19/h1-2H,21H2. The molecule has 0 aliphatic carbocycles. The summed E-state index contributed by atoms with van der Waals surface area (Å²) < 4.78 is 125. The Morgan fingerprint density at radius 3 is 1.19 bits per heavy atom. The van der Waals surface area contributed by atoms with Gasteiger partial charge in [0.05, 0.1) is 0 Å². The number of alkyl halides is 10. The molecule has 0 amide bonds. The van der Waals surface area contributed by atoms with E-state index in [2.05, 4.69) is 4.98 Å². The molecule has 0 bridgehead atoms. The van der Waals surface area contributed by atoms with Gasteiger partial charge in [0.25, 0.3) is 0 Å². The molecule has 12 heteroatoms. The zero-order valence-corrected chi connectivity index (χ0v) is 10.6. The van der Waals surface area contributed by atoms with Crippen LogP contribution in [0.4, 0.5) is 43.9 Å². The summed E-state index contributed by atoms with van der Waals surface area (Å²) in [5, 5.41) is -0.733. The first-order valence-electron chi connectivity index (χ1n) is 4.78. The monoisotopic (exact) mass is 347 g/mol. The molecule has 0 saturated heterocycles. The Bertz CT molecular complexity index is 488. The lowest BCUT2D eigenvalue weighted by molar-refractivity contribution is -0.295. The van der Waals surface area contributed by atoms with Crippen LogP contribution in [0, 0.1) is 0 Å². The summed E-state index contributed by atoms with van der Waals surface area (Å²) in [7, 11) is 1.45. The van der Waals surface area contributed by atoms with E-state index in [9.17, 15) is 43.9 Å². The molecule has 1 aromatic rings. The predicted molar refractivity (Wildman–Crippen MR) is 53.5 cm³/mol. The van der Waals surface area contributed by atoms with Crippen LogP contribution < -0.4 is 5.30 Å². The van der Waals surface area contributed by atoms with Crippen LogP contribution in [0.25, 0.3) is 0 Å². The number of halogens is 10. The molecule has 0 saturated carbocycles. The summed E-state index contributed by atoms with van der Waals surface area (Å²) in [4.78, 5) is 2.16. The van der Waals surface area contributed by atoms with Crippen LogP contribution in [0.1, 0.15) is 11.4 Å². The van der Waals surface area contributed by atoms with E-state index < -0.39 is 40.9 Å². The molecule has 0 radical (unpaired) electrons. The van der Waals surface area contributed by atoms with Gasteiger partial charge in [0.2, 0.25) is 0 Å². The Kier molecular flexibility index (Phi) is 4.24. The summed E-state index contributed by atoms with van der Waals surface area (Å²) in [5.74, 6) is -11.3. The predicted octanol–water partition coefficient (Wildman–Crippen LogP) is 3.89. The van der Waals surface area contributed by atoms with Crippen molar-refractivity contribution in [3.8, 4) is 0 Å². The highest BCUT2D eigenvalue weighted by Gasteiger charge is 2.63. The summed E-state index contributed by atoms with van der Waals surface area (Å²) in [6.45, 7) is 0. The van der Waals surface area contributed by atoms with Gasteiger partial charge in [-0.25, -0.2) is 4.98 Å². The van der Waals surface area contributed by atoms with E-state index in [0.717, 1.165) is 0 Å². The fourth-order valence-corrected chi connectivity index (χ4v) is 1.48. The van der Waals surface area contributed by atoms with Gasteiger partial charge < -0.3 is 0 Å². The summed E-state index contributed by atoms with van der Waals surface area (Å²) in [5.41, 5.74) is -4.50. The van der Waals surface area contributed by atoms with Crippen molar-refractivity contribution in [2.24, 2.45) is 0 Å². The highest BCUT2D eigenvalue weighted by atomic mass is 31.0. The van der Waals surface area contributed by atoms with Gasteiger partial charge in [-0.3, -0.25) is 0 Å². The molecule has 1 atom stereocenters. The minimum atomic E-state index is -6.19. The molecular weight excluding hydrogens is 343 g/mol. The molecule has 1 nitrogen and oxygen atoms in total. The Morgan fingerprint density at radius 2 is 0.952 bits per heavy atom. The van der Waals surface area contributed by atoms with Crippen molar-refractivity contribution < 1.29 is 43.9 Å². The third-order valence-corrected chi connectivity index (χ3v) is 2.54. The number of aromatic nitrogens is 1. The van der Waals surface area contributed by atoms with Gasteiger partial charge in [-0.2, -0.15) is 43.9 Å². The van der Waals surface area contributed by atoms with E-state index in [1.54, 1.807) is 0 Å². The molecule has 0 aliphatic heterocycles. The molecule has 1 heterocycles. The quantitative estimate of drug-likeness (QED) is 0.584. The second kappa shape index (κ2) is 4.96. The van der Waals surface area contributed by atoms with Crippen molar-refractivity contribution in [1.82, 2.24) is 4.98 Å². The molecule has 0 fully saturated rings. The van der Waals surface area contributed by atoms with Crippen LogP contribution in [-0.2, 0) is 11.8 Å². The van der Waals surface area contributed by atoms with E-state index in [0.29, 0.717) is 0 Å². The van der Waals surface area contributed by atoms with E-state index in [1.807, 2.05) is 0 Å². The molecule has 120 valence electrons. The SMILES string of the molecule is FC(F)(F)C(F)(F)c1cc(P)cc(C(F)(F)C(F)(F)F)n1. The van der Waals surface area contributed by atoms with Gasteiger partial charge in [-0.15, -0.1) is 9.24 Å². The van der Waals surface area contributed by atoms with Crippen molar-refractivity contribution in [2.45, 2.75) is 24.2 Å². The van der Waals surface area contributed by atoms with Crippen molar-refractivity contribution in [3.63, 3.8) is 0 Å². The molecule has 0 aromatic carbocycles. The fourth-order valence-electron chi connectivity index (χ4n) is 1.16. The smallest absolute Gasteiger partial charge is 0.244 e. The average Bonchev–Trinajstić information content (AvgIpc) is 2.24. The largest absolute Gasteiger partial charge is 0.459 e. The average molecular weight is 347 g/mol. The fraction of sp³-hybridized carbons (Fsp3) is 0.444. The van der Waals surface area contributed by atoms with Crippen LogP contribution in [0.15, 0.2) is 12.1 Å². The minimum Gasteiger partial charge on any atom is -0.244 e.